The van der Waals surface area contributed by atoms with E-state index in [-0.39, 0.29) is 18.3 Å². The maximum Gasteiger partial charge on any atom is 0.257 e. The molecular weight excluding hydrogens is 292 g/mol. The van der Waals surface area contributed by atoms with Gasteiger partial charge in [-0.2, -0.15) is 0 Å². The molecule has 5 heteroatoms. The van der Waals surface area contributed by atoms with Crippen molar-refractivity contribution in [2.75, 3.05) is 33.8 Å². The molecule has 0 bridgehead atoms. The molecule has 1 fully saturated rings. The molecule has 0 saturated carbocycles. The first-order chi connectivity index (χ1) is 10.9. The van der Waals surface area contributed by atoms with Crippen molar-refractivity contribution in [3.63, 3.8) is 0 Å². The van der Waals surface area contributed by atoms with Gasteiger partial charge >= 0.3 is 0 Å². The number of amides is 1. The van der Waals surface area contributed by atoms with Crippen molar-refractivity contribution in [1.29, 1.82) is 0 Å². The monoisotopic (exact) mass is 320 g/mol. The van der Waals surface area contributed by atoms with Crippen molar-refractivity contribution in [1.82, 2.24) is 9.80 Å². The number of aliphatic hydroxyl groups excluding tert-OH is 1. The second kappa shape index (κ2) is 7.79. The largest absolute Gasteiger partial charge is 0.507 e. The highest BCUT2D eigenvalue weighted by molar-refractivity contribution is 5.97. The maximum absolute atomic E-state index is 12.7. The number of carbonyl (C=O) groups is 1. The molecule has 1 heterocycles. The minimum Gasteiger partial charge on any atom is -0.507 e. The molecule has 0 aliphatic carbocycles. The Balaban J connectivity index is 2.12. The molecule has 5 nitrogen and oxygen atoms in total. The summed E-state index contributed by atoms with van der Waals surface area (Å²) in [6.07, 6.45) is 2.58. The smallest absolute Gasteiger partial charge is 0.257 e. The van der Waals surface area contributed by atoms with E-state index >= 15 is 0 Å². The summed E-state index contributed by atoms with van der Waals surface area (Å²) in [6.45, 7) is 3.45. The van der Waals surface area contributed by atoms with Crippen molar-refractivity contribution in [3.8, 4) is 5.75 Å². The number of hydrogen-bond donors (Lipinski definition) is 2. The Labute approximate surface area is 138 Å². The normalized spacial score (nSPS) is 21.7. The van der Waals surface area contributed by atoms with Crippen molar-refractivity contribution in [3.05, 3.63) is 29.3 Å². The van der Waals surface area contributed by atoms with Gasteiger partial charge in [0.2, 0.25) is 0 Å². The van der Waals surface area contributed by atoms with Crippen LogP contribution < -0.4 is 0 Å². The molecule has 1 aliphatic heterocycles. The third kappa shape index (κ3) is 4.24. The number of rotatable bonds is 5. The molecule has 2 N–H and O–H groups in total. The van der Waals surface area contributed by atoms with Crippen molar-refractivity contribution < 1.29 is 15.0 Å². The zero-order valence-corrected chi connectivity index (χ0v) is 14.3. The van der Waals surface area contributed by atoms with E-state index in [4.69, 9.17) is 5.11 Å². The fourth-order valence-corrected chi connectivity index (χ4v) is 3.51. The number of piperidine rings is 1. The third-order valence-electron chi connectivity index (χ3n) is 4.76. The van der Waals surface area contributed by atoms with E-state index in [2.05, 4.69) is 19.0 Å². The summed E-state index contributed by atoms with van der Waals surface area (Å²) in [5.41, 5.74) is 1.31. The van der Waals surface area contributed by atoms with Crippen molar-refractivity contribution in [2.24, 2.45) is 5.92 Å². The number of aliphatic hydroxyl groups is 1. The number of likely N-dealkylation sites (tertiary alicyclic amines) is 1. The zero-order valence-electron chi connectivity index (χ0n) is 14.3. The van der Waals surface area contributed by atoms with Gasteiger partial charge in [-0.1, -0.05) is 6.07 Å². The second-order valence-corrected chi connectivity index (χ2v) is 6.72. The molecule has 1 aromatic rings. The summed E-state index contributed by atoms with van der Waals surface area (Å²) in [5.74, 6) is 0.299. The molecule has 23 heavy (non-hydrogen) atoms. The number of phenols is 1. The summed E-state index contributed by atoms with van der Waals surface area (Å²) in [6, 6.07) is 5.61. The van der Waals surface area contributed by atoms with Crippen molar-refractivity contribution in [2.45, 2.75) is 32.2 Å². The number of carbonyl (C=O) groups excluding carboxylic acids is 1. The first-order valence-electron chi connectivity index (χ1n) is 8.30. The lowest BCUT2D eigenvalue weighted by Crippen LogP contribution is -2.50. The lowest BCUT2D eigenvalue weighted by molar-refractivity contribution is 0.0493. The molecule has 1 amide bonds. The number of nitrogens with zero attached hydrogens (tertiary/aromatic N) is 2. The number of aromatic hydroxyl groups is 1. The molecule has 0 radical (unpaired) electrons. The summed E-state index contributed by atoms with van der Waals surface area (Å²) in [5, 5.41) is 19.2. The number of aryl methyl sites for hydroxylation is 1. The van der Waals surface area contributed by atoms with Crippen LogP contribution in [0.2, 0.25) is 0 Å². The minimum absolute atomic E-state index is 0.0524. The molecule has 2 rings (SSSR count). The van der Waals surface area contributed by atoms with Gasteiger partial charge in [-0.3, -0.25) is 4.79 Å². The van der Waals surface area contributed by atoms with E-state index in [1.807, 2.05) is 17.9 Å². The van der Waals surface area contributed by atoms with Crippen LogP contribution in [0.3, 0.4) is 0 Å². The minimum atomic E-state index is -0.103. The van der Waals surface area contributed by atoms with Crippen LogP contribution in [0.5, 0.6) is 5.75 Å². The lowest BCUT2D eigenvalue weighted by atomic mass is 9.87. The average molecular weight is 320 g/mol. The Morgan fingerprint density at radius 2 is 2.13 bits per heavy atom. The van der Waals surface area contributed by atoms with E-state index in [0.29, 0.717) is 30.6 Å². The fraction of sp³-hybridized carbons (Fsp3) is 0.611. The molecule has 128 valence electrons. The van der Waals surface area contributed by atoms with Crippen molar-refractivity contribution >= 4 is 5.91 Å². The first-order valence-corrected chi connectivity index (χ1v) is 8.30. The third-order valence-corrected chi connectivity index (χ3v) is 4.76. The van der Waals surface area contributed by atoms with Crippen LogP contribution in [0.1, 0.15) is 35.2 Å². The Bertz CT molecular complexity index is 545. The second-order valence-electron chi connectivity index (χ2n) is 6.72. The van der Waals surface area contributed by atoms with Crippen LogP contribution in [0.15, 0.2) is 18.2 Å². The number of hydrogen-bond acceptors (Lipinski definition) is 4. The topological polar surface area (TPSA) is 64.0 Å². The first kappa shape index (κ1) is 17.8. The molecule has 1 saturated heterocycles. The van der Waals surface area contributed by atoms with E-state index in [1.54, 1.807) is 12.1 Å². The highest BCUT2D eigenvalue weighted by Crippen LogP contribution is 2.28. The molecule has 2 atom stereocenters. The van der Waals surface area contributed by atoms with Crippen LogP contribution in [-0.4, -0.2) is 65.8 Å². The molecule has 0 aromatic heterocycles. The average Bonchev–Trinajstić information content (AvgIpc) is 2.51. The molecular formula is C18H28N2O3. The van der Waals surface area contributed by atoms with Crippen LogP contribution in [-0.2, 0) is 0 Å². The standard InChI is InChI=1S/C18H28N2O3/c1-13-6-7-15(17(22)11-13)18(23)20-9-8-16(19(2)3)14(12-20)5-4-10-21/h6-7,11,14,16,21-22H,4-5,8-10,12H2,1-3H3/t14-,16+/m0/s1. The van der Waals surface area contributed by atoms with Gasteiger partial charge in [0.05, 0.1) is 5.56 Å². The maximum atomic E-state index is 12.7. The summed E-state index contributed by atoms with van der Waals surface area (Å²) in [4.78, 5) is 16.8. The molecule has 0 spiro atoms. The van der Waals surface area contributed by atoms with Crippen LogP contribution >= 0.6 is 0 Å². The number of phenolic OH excluding ortho intramolecular Hbond substituents is 1. The van der Waals surface area contributed by atoms with Gasteiger partial charge in [0, 0.05) is 25.7 Å². The van der Waals surface area contributed by atoms with E-state index in [0.717, 1.165) is 24.8 Å². The van der Waals surface area contributed by atoms with Gasteiger partial charge in [-0.15, -0.1) is 0 Å². The summed E-state index contributed by atoms with van der Waals surface area (Å²) < 4.78 is 0. The summed E-state index contributed by atoms with van der Waals surface area (Å²) >= 11 is 0. The van der Waals surface area contributed by atoms with Gasteiger partial charge in [-0.25, -0.2) is 0 Å². The van der Waals surface area contributed by atoms with Gasteiger partial charge < -0.3 is 20.0 Å². The van der Waals surface area contributed by atoms with Crippen LogP contribution in [0, 0.1) is 12.8 Å². The van der Waals surface area contributed by atoms with Gasteiger partial charge in [-0.05, 0) is 63.9 Å². The van der Waals surface area contributed by atoms with E-state index < -0.39 is 0 Å². The Morgan fingerprint density at radius 3 is 2.74 bits per heavy atom. The lowest BCUT2D eigenvalue weighted by Gasteiger charge is -2.41. The van der Waals surface area contributed by atoms with Gasteiger partial charge in [0.1, 0.15) is 5.75 Å². The summed E-state index contributed by atoms with van der Waals surface area (Å²) in [7, 11) is 4.14. The highest BCUT2D eigenvalue weighted by Gasteiger charge is 2.33. The molecule has 1 aliphatic rings. The van der Waals surface area contributed by atoms with Gasteiger partial charge in [0.15, 0.2) is 0 Å². The predicted octanol–water partition coefficient (Wildman–Crippen LogP) is 1.87. The Kier molecular flexibility index (Phi) is 6.02. The predicted molar refractivity (Wildman–Crippen MR) is 90.6 cm³/mol. The highest BCUT2D eigenvalue weighted by atomic mass is 16.3. The van der Waals surface area contributed by atoms with E-state index in [1.165, 1.54) is 0 Å². The quantitative estimate of drug-likeness (QED) is 0.869. The van der Waals surface area contributed by atoms with Crippen LogP contribution in [0.4, 0.5) is 0 Å². The van der Waals surface area contributed by atoms with E-state index in [9.17, 15) is 9.90 Å². The van der Waals surface area contributed by atoms with Crippen LogP contribution in [0.25, 0.3) is 0 Å². The SMILES string of the molecule is Cc1ccc(C(=O)N2CC[C@@H](N(C)C)[C@@H](CCCO)C2)c(O)c1. The number of benzene rings is 1. The zero-order chi connectivity index (χ0) is 17.0. The molecule has 0 unspecified atom stereocenters. The Hall–Kier alpha value is -1.59. The van der Waals surface area contributed by atoms with Gasteiger partial charge in [0.25, 0.3) is 5.91 Å². The fourth-order valence-electron chi connectivity index (χ4n) is 3.51. The Morgan fingerprint density at radius 1 is 1.39 bits per heavy atom. The molecule has 1 aromatic carbocycles.